The molecule has 0 spiro atoms. The molecule has 1 saturated heterocycles. The summed E-state index contributed by atoms with van der Waals surface area (Å²) in [5, 5.41) is -0.0247. The van der Waals surface area contributed by atoms with Crippen molar-refractivity contribution in [3.63, 3.8) is 0 Å². The Balaban J connectivity index is 1.82. The average molecular weight is 433 g/mol. The molecule has 2 aromatic rings. The van der Waals surface area contributed by atoms with Crippen LogP contribution in [-0.4, -0.2) is 53.6 Å². The van der Waals surface area contributed by atoms with E-state index in [-0.39, 0.29) is 33.7 Å². The summed E-state index contributed by atoms with van der Waals surface area (Å²) in [5.74, 6) is -0.333. The van der Waals surface area contributed by atoms with Gasteiger partial charge in [0.1, 0.15) is 10.7 Å². The van der Waals surface area contributed by atoms with Crippen molar-refractivity contribution >= 4 is 37.1 Å². The van der Waals surface area contributed by atoms with Crippen LogP contribution in [0.2, 0.25) is 5.02 Å². The van der Waals surface area contributed by atoms with Gasteiger partial charge < -0.3 is 4.90 Å². The lowest BCUT2D eigenvalue weighted by atomic mass is 10.2. The van der Waals surface area contributed by atoms with E-state index in [0.717, 1.165) is 18.0 Å². The number of halogens is 2. The van der Waals surface area contributed by atoms with Gasteiger partial charge in [0.25, 0.3) is 0 Å². The van der Waals surface area contributed by atoms with E-state index in [9.17, 15) is 21.2 Å². The standard InChI is InChI=1S/C17H18ClFN2O4S2/c1-26(22,23)15-6-7-16(18)17(12-15)27(24,25)21-10-8-20(9-11-21)14-4-2-13(19)3-5-14/h2-7,12H,8-11H2,1H3. The Morgan fingerprint density at radius 3 is 2.07 bits per heavy atom. The molecule has 0 saturated carbocycles. The second kappa shape index (κ2) is 7.38. The second-order valence-corrected chi connectivity index (χ2v) is 10.6. The number of nitrogens with zero attached hydrogens (tertiary/aromatic N) is 2. The van der Waals surface area contributed by atoms with Crippen LogP contribution in [0.3, 0.4) is 0 Å². The molecular weight excluding hydrogens is 415 g/mol. The molecule has 3 rings (SSSR count). The summed E-state index contributed by atoms with van der Waals surface area (Å²) in [5.41, 5.74) is 0.811. The summed E-state index contributed by atoms with van der Waals surface area (Å²) < 4.78 is 63.7. The molecule has 1 aliphatic rings. The third kappa shape index (κ3) is 4.26. The topological polar surface area (TPSA) is 74.8 Å². The minimum Gasteiger partial charge on any atom is -0.369 e. The molecule has 27 heavy (non-hydrogen) atoms. The zero-order valence-electron chi connectivity index (χ0n) is 14.5. The lowest BCUT2D eigenvalue weighted by Gasteiger charge is -2.35. The van der Waals surface area contributed by atoms with Crippen LogP contribution >= 0.6 is 11.6 Å². The molecule has 0 bridgehead atoms. The Morgan fingerprint density at radius 1 is 0.926 bits per heavy atom. The molecule has 146 valence electrons. The van der Waals surface area contributed by atoms with Crippen molar-refractivity contribution in [1.29, 1.82) is 0 Å². The first-order valence-corrected chi connectivity index (χ1v) is 11.8. The Hall–Kier alpha value is -1.68. The van der Waals surface area contributed by atoms with Crippen LogP contribution < -0.4 is 4.90 Å². The first-order valence-electron chi connectivity index (χ1n) is 8.09. The van der Waals surface area contributed by atoms with Gasteiger partial charge in [-0.2, -0.15) is 4.31 Å². The summed E-state index contributed by atoms with van der Waals surface area (Å²) in [7, 11) is -7.50. The van der Waals surface area contributed by atoms with Gasteiger partial charge in [-0.05, 0) is 42.5 Å². The van der Waals surface area contributed by atoms with E-state index in [1.165, 1.54) is 28.6 Å². The summed E-state index contributed by atoms with van der Waals surface area (Å²) in [6.07, 6.45) is 1.01. The summed E-state index contributed by atoms with van der Waals surface area (Å²) in [6.45, 7) is 1.26. The maximum absolute atomic E-state index is 13.1. The van der Waals surface area contributed by atoms with Crippen LogP contribution in [0.1, 0.15) is 0 Å². The van der Waals surface area contributed by atoms with E-state index < -0.39 is 19.9 Å². The lowest BCUT2D eigenvalue weighted by molar-refractivity contribution is 0.385. The third-order valence-electron chi connectivity index (χ3n) is 4.38. The fourth-order valence-electron chi connectivity index (χ4n) is 2.89. The Morgan fingerprint density at radius 2 is 1.52 bits per heavy atom. The largest absolute Gasteiger partial charge is 0.369 e. The number of rotatable bonds is 4. The van der Waals surface area contributed by atoms with E-state index in [1.54, 1.807) is 12.1 Å². The highest BCUT2D eigenvalue weighted by Gasteiger charge is 2.31. The number of sulfone groups is 1. The zero-order valence-corrected chi connectivity index (χ0v) is 16.9. The maximum Gasteiger partial charge on any atom is 0.244 e. The van der Waals surface area contributed by atoms with Gasteiger partial charge in [0.2, 0.25) is 10.0 Å². The molecule has 0 radical (unpaired) electrons. The molecule has 0 N–H and O–H groups in total. The van der Waals surface area contributed by atoms with Crippen LogP contribution in [0.15, 0.2) is 52.3 Å². The smallest absolute Gasteiger partial charge is 0.244 e. The van der Waals surface area contributed by atoms with Crippen LogP contribution in [0, 0.1) is 5.82 Å². The highest BCUT2D eigenvalue weighted by atomic mass is 35.5. The quantitative estimate of drug-likeness (QED) is 0.741. The molecule has 0 aliphatic carbocycles. The maximum atomic E-state index is 13.1. The molecule has 1 aliphatic heterocycles. The number of anilines is 1. The predicted octanol–water partition coefficient (Wildman–Crippen LogP) is 2.39. The molecule has 6 nitrogen and oxygen atoms in total. The molecule has 10 heteroatoms. The van der Waals surface area contributed by atoms with Gasteiger partial charge in [-0.1, -0.05) is 11.6 Å². The Kier molecular flexibility index (Phi) is 5.49. The van der Waals surface area contributed by atoms with Gasteiger partial charge in [0.05, 0.1) is 9.92 Å². The van der Waals surface area contributed by atoms with Crippen molar-refractivity contribution in [2.75, 3.05) is 37.3 Å². The summed E-state index contributed by atoms with van der Waals surface area (Å²) >= 11 is 6.04. The monoisotopic (exact) mass is 432 g/mol. The van der Waals surface area contributed by atoms with E-state index in [2.05, 4.69) is 0 Å². The minimum absolute atomic E-state index is 0.0247. The number of benzene rings is 2. The van der Waals surface area contributed by atoms with E-state index in [0.29, 0.717) is 13.1 Å². The zero-order chi connectivity index (χ0) is 19.8. The van der Waals surface area contributed by atoms with Crippen LogP contribution in [-0.2, 0) is 19.9 Å². The SMILES string of the molecule is CS(=O)(=O)c1ccc(Cl)c(S(=O)(=O)N2CCN(c3ccc(F)cc3)CC2)c1. The van der Waals surface area contributed by atoms with Crippen LogP contribution in [0.5, 0.6) is 0 Å². The first kappa shape index (κ1) is 20.1. The van der Waals surface area contributed by atoms with Gasteiger partial charge in [0, 0.05) is 38.1 Å². The predicted molar refractivity (Wildman–Crippen MR) is 102 cm³/mol. The number of sulfonamides is 1. The van der Waals surface area contributed by atoms with Gasteiger partial charge in [0.15, 0.2) is 9.84 Å². The van der Waals surface area contributed by atoms with Crippen molar-refractivity contribution in [3.8, 4) is 0 Å². The highest BCUT2D eigenvalue weighted by Crippen LogP contribution is 2.29. The van der Waals surface area contributed by atoms with Crippen LogP contribution in [0.4, 0.5) is 10.1 Å². The molecule has 0 amide bonds. The normalized spacial score (nSPS) is 16.5. The highest BCUT2D eigenvalue weighted by molar-refractivity contribution is 7.91. The second-order valence-electron chi connectivity index (χ2n) is 6.23. The molecule has 2 aromatic carbocycles. The molecule has 1 fully saturated rings. The summed E-state index contributed by atoms with van der Waals surface area (Å²) in [4.78, 5) is 1.64. The fraction of sp³-hybridized carbons (Fsp3) is 0.294. The molecule has 1 heterocycles. The van der Waals surface area contributed by atoms with Crippen molar-refractivity contribution in [2.45, 2.75) is 9.79 Å². The summed E-state index contributed by atoms with van der Waals surface area (Å²) in [6, 6.07) is 9.66. The molecule has 0 atom stereocenters. The van der Waals surface area contributed by atoms with Gasteiger partial charge in [-0.15, -0.1) is 0 Å². The van der Waals surface area contributed by atoms with Crippen molar-refractivity contribution in [2.24, 2.45) is 0 Å². The minimum atomic E-state index is -3.94. The van der Waals surface area contributed by atoms with E-state index in [4.69, 9.17) is 11.6 Å². The van der Waals surface area contributed by atoms with E-state index in [1.807, 2.05) is 4.90 Å². The van der Waals surface area contributed by atoms with Gasteiger partial charge in [-0.25, -0.2) is 21.2 Å². The number of hydrogen-bond donors (Lipinski definition) is 0. The van der Waals surface area contributed by atoms with E-state index >= 15 is 0 Å². The fourth-order valence-corrected chi connectivity index (χ4v) is 5.53. The van der Waals surface area contributed by atoms with Crippen molar-refractivity contribution in [3.05, 3.63) is 53.3 Å². The average Bonchev–Trinajstić information content (AvgIpc) is 2.61. The number of hydrogen-bond acceptors (Lipinski definition) is 5. The van der Waals surface area contributed by atoms with Crippen LogP contribution in [0.25, 0.3) is 0 Å². The lowest BCUT2D eigenvalue weighted by Crippen LogP contribution is -2.48. The molecule has 0 aromatic heterocycles. The molecule has 0 unspecified atom stereocenters. The molecular formula is C17H18ClFN2O4S2. The van der Waals surface area contributed by atoms with Crippen molar-refractivity contribution < 1.29 is 21.2 Å². The van der Waals surface area contributed by atoms with Gasteiger partial charge in [-0.3, -0.25) is 0 Å². The van der Waals surface area contributed by atoms with Gasteiger partial charge >= 0.3 is 0 Å². The Bertz CT molecular complexity index is 1050. The van der Waals surface area contributed by atoms with Crippen molar-refractivity contribution in [1.82, 2.24) is 4.31 Å². The number of piperazine rings is 1. The first-order chi connectivity index (χ1) is 12.6. The third-order valence-corrected chi connectivity index (χ3v) is 7.87. The Labute approximate surface area is 163 Å².